The summed E-state index contributed by atoms with van der Waals surface area (Å²) in [5, 5.41) is 11.5. The van der Waals surface area contributed by atoms with Crippen LogP contribution in [-0.2, 0) is 0 Å². The van der Waals surface area contributed by atoms with Gasteiger partial charge in [0.05, 0.1) is 6.04 Å². The highest BCUT2D eigenvalue weighted by Crippen LogP contribution is 2.36. The van der Waals surface area contributed by atoms with Gasteiger partial charge in [0, 0.05) is 29.0 Å². The number of benzene rings is 2. The third-order valence-electron chi connectivity index (χ3n) is 5.34. The number of allylic oxidation sites excluding steroid dienone is 2. The molecule has 4 aromatic rings. The van der Waals surface area contributed by atoms with Crippen molar-refractivity contribution in [2.75, 3.05) is 16.8 Å². The predicted octanol–water partition coefficient (Wildman–Crippen LogP) is 4.60. The first-order valence-corrected chi connectivity index (χ1v) is 10.5. The van der Waals surface area contributed by atoms with Crippen LogP contribution in [0.25, 0.3) is 22.2 Å². The Morgan fingerprint density at radius 3 is 2.60 bits per heavy atom. The van der Waals surface area contributed by atoms with Gasteiger partial charge in [-0.3, -0.25) is 5.10 Å². The van der Waals surface area contributed by atoms with Gasteiger partial charge in [-0.2, -0.15) is 28.1 Å². The smallest absolute Gasteiger partial charge is 0.412 e. The fraction of sp³-hybridized carbons (Fsp3) is 0.130. The van der Waals surface area contributed by atoms with E-state index in [-0.39, 0.29) is 30.0 Å². The van der Waals surface area contributed by atoms with Crippen LogP contribution in [0.4, 0.5) is 30.9 Å². The van der Waals surface area contributed by atoms with Gasteiger partial charge in [0.2, 0.25) is 17.8 Å². The molecule has 0 radical (unpaired) electrons. The molecule has 0 spiro atoms. The van der Waals surface area contributed by atoms with E-state index in [1.54, 1.807) is 18.2 Å². The lowest BCUT2D eigenvalue weighted by molar-refractivity contribution is -0.0942. The Hall–Kier alpha value is -4.61. The molecule has 35 heavy (non-hydrogen) atoms. The van der Waals surface area contributed by atoms with E-state index in [0.717, 1.165) is 22.4 Å². The highest BCUT2D eigenvalue weighted by atomic mass is 19.4. The van der Waals surface area contributed by atoms with E-state index >= 15 is 0 Å². The first kappa shape index (κ1) is 22.2. The number of rotatable bonds is 5. The minimum absolute atomic E-state index is 0.00623. The molecule has 9 nitrogen and oxygen atoms in total. The van der Waals surface area contributed by atoms with E-state index in [2.05, 4.69) is 30.5 Å². The average molecular weight is 480 g/mol. The first-order valence-electron chi connectivity index (χ1n) is 10.5. The van der Waals surface area contributed by atoms with Crippen LogP contribution in [-0.4, -0.2) is 37.4 Å². The molecule has 2 heterocycles. The Labute approximate surface area is 196 Å². The molecule has 1 aliphatic carbocycles. The van der Waals surface area contributed by atoms with Crippen LogP contribution in [0, 0.1) is 0 Å². The number of aromatic amines is 1. The predicted molar refractivity (Wildman–Crippen MR) is 126 cm³/mol. The molecule has 0 saturated heterocycles. The largest absolute Gasteiger partial charge is 0.438 e. The number of fused-ring (bicyclic) bond motifs is 1. The van der Waals surface area contributed by atoms with Crippen LogP contribution < -0.4 is 21.5 Å². The number of hydrogen-bond donors (Lipinski definition) is 4. The van der Waals surface area contributed by atoms with Gasteiger partial charge in [-0.05, 0) is 17.5 Å². The van der Waals surface area contributed by atoms with Crippen LogP contribution in [0.3, 0.4) is 0 Å². The van der Waals surface area contributed by atoms with Crippen molar-refractivity contribution in [3.8, 4) is 23.0 Å². The van der Waals surface area contributed by atoms with Gasteiger partial charge < -0.3 is 21.5 Å². The third kappa shape index (κ3) is 4.71. The number of nitrogens with two attached hydrogens (primary N) is 2. The Bertz CT molecular complexity index is 1440. The van der Waals surface area contributed by atoms with E-state index < -0.39 is 17.8 Å². The van der Waals surface area contributed by atoms with Gasteiger partial charge in [-0.25, -0.2) is 0 Å². The lowest BCUT2D eigenvalue weighted by Crippen LogP contribution is -2.25. The number of halogens is 3. The quantitative estimate of drug-likeness (QED) is 0.325. The molecule has 0 amide bonds. The van der Waals surface area contributed by atoms with Crippen molar-refractivity contribution in [1.82, 2.24) is 25.1 Å². The monoisotopic (exact) mass is 480 g/mol. The molecule has 1 unspecified atom stereocenters. The summed E-state index contributed by atoms with van der Waals surface area (Å²) in [5.74, 6) is 1.52. The van der Waals surface area contributed by atoms with Crippen molar-refractivity contribution in [3.63, 3.8) is 0 Å². The average Bonchev–Trinajstić information content (AvgIpc) is 3.26. The van der Waals surface area contributed by atoms with Gasteiger partial charge in [0.15, 0.2) is 5.82 Å². The van der Waals surface area contributed by atoms with Crippen LogP contribution in [0.15, 0.2) is 66.3 Å². The first-order chi connectivity index (χ1) is 16.8. The van der Waals surface area contributed by atoms with Gasteiger partial charge in [0.25, 0.3) is 0 Å². The van der Waals surface area contributed by atoms with Crippen molar-refractivity contribution in [2.24, 2.45) is 0 Å². The van der Waals surface area contributed by atoms with Gasteiger partial charge in [-0.15, -0.1) is 5.10 Å². The van der Waals surface area contributed by atoms with Crippen LogP contribution in [0.2, 0.25) is 0 Å². The second kappa shape index (κ2) is 8.63. The van der Waals surface area contributed by atoms with E-state index in [1.165, 1.54) is 12.1 Å². The molecule has 2 aromatic carbocycles. The molecular formula is C23H19F3N8O. The minimum atomic E-state index is -4.37. The second-order valence-electron chi connectivity index (χ2n) is 7.79. The number of ether oxygens (including phenoxy) is 1. The van der Waals surface area contributed by atoms with Crippen molar-refractivity contribution in [2.45, 2.75) is 18.6 Å². The van der Waals surface area contributed by atoms with Crippen molar-refractivity contribution < 1.29 is 17.9 Å². The van der Waals surface area contributed by atoms with E-state index in [9.17, 15) is 13.2 Å². The Kier molecular flexibility index (Phi) is 5.47. The number of alkyl halides is 3. The maximum absolute atomic E-state index is 13.0. The zero-order valence-electron chi connectivity index (χ0n) is 18.0. The number of nitrogen functional groups attached to an aromatic ring is 2. The summed E-state index contributed by atoms with van der Waals surface area (Å²) < 4.78 is 45.0. The number of anilines is 3. The number of nitrogens with zero attached hydrogens (tertiary/aromatic N) is 4. The number of H-pyrrole nitrogens is 1. The molecule has 0 aliphatic heterocycles. The molecular weight excluding hydrogens is 461 g/mol. The molecule has 178 valence electrons. The topological polar surface area (TPSA) is 141 Å². The molecule has 1 atom stereocenters. The third-order valence-corrected chi connectivity index (χ3v) is 5.34. The summed E-state index contributed by atoms with van der Waals surface area (Å²) in [7, 11) is 0. The molecule has 2 aromatic heterocycles. The van der Waals surface area contributed by atoms with Crippen molar-refractivity contribution >= 4 is 28.5 Å². The maximum atomic E-state index is 13.0. The fourth-order valence-electron chi connectivity index (χ4n) is 3.79. The fourth-order valence-corrected chi connectivity index (χ4v) is 3.79. The van der Waals surface area contributed by atoms with Crippen LogP contribution in [0.5, 0.6) is 11.6 Å². The SMILES string of the molecule is Nc1cc(Oc2ccc(-c3nc(NC4C=CC=C(C(F)(F)F)C4)n[nH]3)c3ccccc23)nc(N)n1. The molecule has 12 heteroatoms. The second-order valence-corrected chi connectivity index (χ2v) is 7.79. The van der Waals surface area contributed by atoms with Crippen LogP contribution >= 0.6 is 0 Å². The summed E-state index contributed by atoms with van der Waals surface area (Å²) in [4.78, 5) is 12.3. The lowest BCUT2D eigenvalue weighted by Gasteiger charge is -2.20. The van der Waals surface area contributed by atoms with Gasteiger partial charge in [0.1, 0.15) is 11.6 Å². The maximum Gasteiger partial charge on any atom is 0.412 e. The summed E-state index contributed by atoms with van der Waals surface area (Å²) in [5.41, 5.74) is 11.5. The molecule has 0 bridgehead atoms. The number of aromatic nitrogens is 5. The highest BCUT2D eigenvalue weighted by molar-refractivity contribution is 5.99. The number of hydrogen-bond acceptors (Lipinski definition) is 8. The van der Waals surface area contributed by atoms with Crippen LogP contribution in [0.1, 0.15) is 6.42 Å². The Morgan fingerprint density at radius 1 is 1.03 bits per heavy atom. The lowest BCUT2D eigenvalue weighted by atomic mass is 10.0. The zero-order chi connectivity index (χ0) is 24.6. The summed E-state index contributed by atoms with van der Waals surface area (Å²) in [6.45, 7) is 0. The van der Waals surface area contributed by atoms with E-state index in [1.807, 2.05) is 24.3 Å². The van der Waals surface area contributed by atoms with E-state index in [4.69, 9.17) is 16.2 Å². The number of nitrogens with one attached hydrogen (secondary N) is 2. The Morgan fingerprint density at radius 2 is 1.83 bits per heavy atom. The van der Waals surface area contributed by atoms with Crippen molar-refractivity contribution in [1.29, 1.82) is 0 Å². The summed E-state index contributed by atoms with van der Waals surface area (Å²) >= 11 is 0. The molecule has 0 saturated carbocycles. The molecule has 5 rings (SSSR count). The zero-order valence-corrected chi connectivity index (χ0v) is 18.0. The Balaban J connectivity index is 1.41. The van der Waals surface area contributed by atoms with Crippen molar-refractivity contribution in [3.05, 3.63) is 66.3 Å². The minimum Gasteiger partial charge on any atom is -0.438 e. The van der Waals surface area contributed by atoms with Gasteiger partial charge in [-0.1, -0.05) is 42.5 Å². The molecule has 6 N–H and O–H groups in total. The molecule has 0 fully saturated rings. The molecule has 1 aliphatic rings. The van der Waals surface area contributed by atoms with E-state index in [0.29, 0.717) is 11.6 Å². The standard InChI is InChI=1S/C23H19F3N8O/c24-23(25,26)12-4-3-5-13(10-12)29-22-32-20(33-34-22)16-8-9-17(15-7-2-1-6-14(15)16)35-19-11-18(27)30-21(28)31-19/h1-9,11,13H,10H2,(H4,27,28,30,31)(H2,29,32,33,34). The van der Waals surface area contributed by atoms with Gasteiger partial charge >= 0.3 is 6.18 Å². The normalized spacial score (nSPS) is 15.7. The highest BCUT2D eigenvalue weighted by Gasteiger charge is 2.35. The summed E-state index contributed by atoms with van der Waals surface area (Å²) in [6.07, 6.45) is -0.499. The summed E-state index contributed by atoms with van der Waals surface area (Å²) in [6, 6.07) is 11.9.